The smallest absolute Gasteiger partial charge is 0.127 e. The number of hydrogen-bond acceptors (Lipinski definition) is 2. The Morgan fingerprint density at radius 1 is 1.28 bits per heavy atom. The van der Waals surface area contributed by atoms with Gasteiger partial charge in [0.15, 0.2) is 0 Å². The summed E-state index contributed by atoms with van der Waals surface area (Å²) in [5.41, 5.74) is 6.67. The van der Waals surface area contributed by atoms with Gasteiger partial charge in [-0.15, -0.1) is 0 Å². The Hall–Kier alpha value is -0.930. The van der Waals surface area contributed by atoms with Crippen molar-refractivity contribution in [3.8, 4) is 0 Å². The molecule has 102 valence electrons. The minimum atomic E-state index is -0.220. The topological polar surface area (TPSA) is 29.3 Å². The first kappa shape index (κ1) is 15.1. The summed E-state index contributed by atoms with van der Waals surface area (Å²) in [7, 11) is 2.11. The number of rotatable bonds is 7. The van der Waals surface area contributed by atoms with Crippen LogP contribution in [0.15, 0.2) is 24.3 Å². The Labute approximate surface area is 110 Å². The second-order valence-corrected chi connectivity index (χ2v) is 5.03. The van der Waals surface area contributed by atoms with Gasteiger partial charge in [-0.25, -0.2) is 4.39 Å². The fraction of sp³-hybridized carbons (Fsp3) is 0.600. The fourth-order valence-corrected chi connectivity index (χ4v) is 2.13. The van der Waals surface area contributed by atoms with Gasteiger partial charge < -0.3 is 10.6 Å². The van der Waals surface area contributed by atoms with E-state index in [1.165, 1.54) is 18.9 Å². The van der Waals surface area contributed by atoms with Crippen LogP contribution in [0.3, 0.4) is 0 Å². The van der Waals surface area contributed by atoms with Gasteiger partial charge in [-0.2, -0.15) is 0 Å². The summed E-state index contributed by atoms with van der Waals surface area (Å²) in [6.07, 6.45) is 3.15. The van der Waals surface area contributed by atoms with Gasteiger partial charge in [0, 0.05) is 17.6 Å². The molecule has 2 N–H and O–H groups in total. The zero-order valence-corrected chi connectivity index (χ0v) is 11.7. The summed E-state index contributed by atoms with van der Waals surface area (Å²) in [4.78, 5) is 2.30. The van der Waals surface area contributed by atoms with Crippen LogP contribution in [-0.4, -0.2) is 24.5 Å². The van der Waals surface area contributed by atoms with Crippen LogP contribution >= 0.6 is 0 Å². The predicted molar refractivity (Wildman–Crippen MR) is 74.9 cm³/mol. The van der Waals surface area contributed by atoms with Gasteiger partial charge in [0.2, 0.25) is 0 Å². The van der Waals surface area contributed by atoms with E-state index in [-0.39, 0.29) is 11.9 Å². The van der Waals surface area contributed by atoms with Gasteiger partial charge >= 0.3 is 0 Å². The summed E-state index contributed by atoms with van der Waals surface area (Å²) in [6.45, 7) is 5.31. The number of nitrogens with zero attached hydrogens (tertiary/aromatic N) is 1. The standard InChI is InChI=1S/C15H25FN2/c1-4-7-12(2)18(3)11-10-15(17)13-8-5-6-9-14(13)16/h5-6,8-9,12,15H,4,7,10-11,17H2,1-3H3. The van der Waals surface area contributed by atoms with Gasteiger partial charge in [0.05, 0.1) is 0 Å². The van der Waals surface area contributed by atoms with E-state index in [1.54, 1.807) is 12.1 Å². The van der Waals surface area contributed by atoms with Crippen LogP contribution < -0.4 is 5.73 Å². The molecule has 1 rings (SSSR count). The highest BCUT2D eigenvalue weighted by molar-refractivity contribution is 5.20. The van der Waals surface area contributed by atoms with Gasteiger partial charge in [-0.05, 0) is 39.4 Å². The average Bonchev–Trinajstić information content (AvgIpc) is 2.36. The van der Waals surface area contributed by atoms with Crippen molar-refractivity contribution >= 4 is 0 Å². The van der Waals surface area contributed by atoms with E-state index in [4.69, 9.17) is 5.73 Å². The van der Waals surface area contributed by atoms with Crippen molar-refractivity contribution in [2.24, 2.45) is 5.73 Å². The van der Waals surface area contributed by atoms with E-state index in [1.807, 2.05) is 6.07 Å². The highest BCUT2D eigenvalue weighted by Gasteiger charge is 2.13. The highest BCUT2D eigenvalue weighted by Crippen LogP contribution is 2.18. The van der Waals surface area contributed by atoms with Crippen LogP contribution in [0.2, 0.25) is 0 Å². The Morgan fingerprint density at radius 3 is 2.56 bits per heavy atom. The first-order valence-corrected chi connectivity index (χ1v) is 6.76. The van der Waals surface area contributed by atoms with Crippen molar-refractivity contribution in [2.75, 3.05) is 13.6 Å². The first-order valence-electron chi connectivity index (χ1n) is 6.76. The fourth-order valence-electron chi connectivity index (χ4n) is 2.13. The molecule has 0 aliphatic rings. The molecule has 0 aromatic heterocycles. The quantitative estimate of drug-likeness (QED) is 0.806. The number of hydrogen-bond donors (Lipinski definition) is 1. The van der Waals surface area contributed by atoms with E-state index >= 15 is 0 Å². The Morgan fingerprint density at radius 2 is 1.94 bits per heavy atom. The highest BCUT2D eigenvalue weighted by atomic mass is 19.1. The number of nitrogens with two attached hydrogens (primary N) is 1. The lowest BCUT2D eigenvalue weighted by Crippen LogP contribution is -2.31. The molecular formula is C15H25FN2. The molecule has 1 aromatic carbocycles. The average molecular weight is 252 g/mol. The van der Waals surface area contributed by atoms with Crippen molar-refractivity contribution < 1.29 is 4.39 Å². The monoisotopic (exact) mass is 252 g/mol. The second kappa shape index (κ2) is 7.49. The molecule has 2 nitrogen and oxygen atoms in total. The van der Waals surface area contributed by atoms with Crippen LogP contribution in [-0.2, 0) is 0 Å². The van der Waals surface area contributed by atoms with Gasteiger partial charge in [-0.1, -0.05) is 31.5 Å². The summed E-state index contributed by atoms with van der Waals surface area (Å²) in [5, 5.41) is 0. The maximum absolute atomic E-state index is 13.6. The lowest BCUT2D eigenvalue weighted by Gasteiger charge is -2.25. The van der Waals surface area contributed by atoms with Gasteiger partial charge in [0.25, 0.3) is 0 Å². The molecule has 0 heterocycles. The van der Waals surface area contributed by atoms with Crippen LogP contribution in [0.4, 0.5) is 4.39 Å². The molecule has 2 atom stereocenters. The van der Waals surface area contributed by atoms with Crippen molar-refractivity contribution in [1.82, 2.24) is 4.90 Å². The molecule has 3 heteroatoms. The molecule has 0 spiro atoms. The molecule has 1 aromatic rings. The molecular weight excluding hydrogens is 227 g/mol. The second-order valence-electron chi connectivity index (χ2n) is 5.03. The minimum Gasteiger partial charge on any atom is -0.324 e. The molecule has 18 heavy (non-hydrogen) atoms. The minimum absolute atomic E-state index is 0.200. The summed E-state index contributed by atoms with van der Waals surface area (Å²) >= 11 is 0. The van der Waals surface area contributed by atoms with E-state index in [2.05, 4.69) is 25.8 Å². The van der Waals surface area contributed by atoms with Crippen LogP contribution in [0, 0.1) is 5.82 Å². The molecule has 0 saturated heterocycles. The largest absolute Gasteiger partial charge is 0.324 e. The van der Waals surface area contributed by atoms with Crippen molar-refractivity contribution in [3.63, 3.8) is 0 Å². The first-order chi connectivity index (χ1) is 8.56. The molecule has 2 unspecified atom stereocenters. The van der Waals surface area contributed by atoms with Crippen molar-refractivity contribution in [2.45, 2.75) is 45.2 Å². The van der Waals surface area contributed by atoms with Crippen molar-refractivity contribution in [1.29, 1.82) is 0 Å². The summed E-state index contributed by atoms with van der Waals surface area (Å²) < 4.78 is 13.6. The maximum Gasteiger partial charge on any atom is 0.127 e. The van der Waals surface area contributed by atoms with Gasteiger partial charge in [0.1, 0.15) is 5.82 Å². The Balaban J connectivity index is 2.46. The molecule has 0 aliphatic carbocycles. The normalized spacial score (nSPS) is 14.8. The lowest BCUT2D eigenvalue weighted by atomic mass is 10.0. The number of halogens is 1. The van der Waals surface area contributed by atoms with E-state index in [0.717, 1.165) is 13.0 Å². The molecule has 0 fully saturated rings. The third-order valence-electron chi connectivity index (χ3n) is 3.56. The summed E-state index contributed by atoms with van der Waals surface area (Å²) in [5.74, 6) is -0.200. The molecule has 0 aliphatic heterocycles. The Kier molecular flexibility index (Phi) is 6.30. The van der Waals surface area contributed by atoms with E-state index < -0.39 is 0 Å². The van der Waals surface area contributed by atoms with Crippen molar-refractivity contribution in [3.05, 3.63) is 35.6 Å². The van der Waals surface area contributed by atoms with Crippen LogP contribution in [0.1, 0.15) is 44.7 Å². The van der Waals surface area contributed by atoms with Crippen LogP contribution in [0.25, 0.3) is 0 Å². The summed E-state index contributed by atoms with van der Waals surface area (Å²) in [6, 6.07) is 7.11. The van der Waals surface area contributed by atoms with Gasteiger partial charge in [-0.3, -0.25) is 0 Å². The lowest BCUT2D eigenvalue weighted by molar-refractivity contribution is 0.236. The molecule has 0 amide bonds. The van der Waals surface area contributed by atoms with E-state index in [0.29, 0.717) is 11.6 Å². The maximum atomic E-state index is 13.6. The zero-order valence-electron chi connectivity index (χ0n) is 11.7. The molecule has 0 radical (unpaired) electrons. The predicted octanol–water partition coefficient (Wildman–Crippen LogP) is 3.34. The van der Waals surface area contributed by atoms with Crippen LogP contribution in [0.5, 0.6) is 0 Å². The third kappa shape index (κ3) is 4.39. The molecule has 0 saturated carbocycles. The third-order valence-corrected chi connectivity index (χ3v) is 3.56. The number of benzene rings is 1. The Bertz CT molecular complexity index is 354. The molecule has 0 bridgehead atoms. The zero-order chi connectivity index (χ0) is 13.5. The SMILES string of the molecule is CCCC(C)N(C)CCC(N)c1ccccc1F. The van der Waals surface area contributed by atoms with E-state index in [9.17, 15) is 4.39 Å².